The topological polar surface area (TPSA) is 60.4 Å². The fourth-order valence-electron chi connectivity index (χ4n) is 1.98. The van der Waals surface area contributed by atoms with Gasteiger partial charge < -0.3 is 4.74 Å². The number of carbonyl (C=O) groups excluding carboxylic acids is 1. The number of esters is 1. The first-order chi connectivity index (χ1) is 11.5. The molecule has 134 valence electrons. The van der Waals surface area contributed by atoms with Crippen molar-refractivity contribution in [2.75, 3.05) is 6.26 Å². The minimum atomic E-state index is -4.50. The number of hydrogen-bond acceptors (Lipinski definition) is 4. The van der Waals surface area contributed by atoms with Gasteiger partial charge in [-0.15, -0.1) is 0 Å². The second-order valence-electron chi connectivity index (χ2n) is 5.19. The van der Waals surface area contributed by atoms with Crippen molar-refractivity contribution >= 4 is 27.4 Å². The van der Waals surface area contributed by atoms with Crippen molar-refractivity contribution in [2.45, 2.75) is 17.7 Å². The second kappa shape index (κ2) is 7.05. The van der Waals surface area contributed by atoms with Crippen LogP contribution in [0, 0.1) is 0 Å². The normalized spacial score (nSPS) is 12.0. The maximum Gasteiger partial charge on any atom is 0.416 e. The monoisotopic (exact) mass is 392 g/mol. The van der Waals surface area contributed by atoms with Crippen molar-refractivity contribution in [1.29, 1.82) is 0 Å². The average molecular weight is 393 g/mol. The van der Waals surface area contributed by atoms with Gasteiger partial charge in [-0.25, -0.2) is 13.2 Å². The minimum Gasteiger partial charge on any atom is -0.457 e. The maximum absolute atomic E-state index is 12.6. The number of halogens is 4. The molecule has 0 fully saturated rings. The average Bonchev–Trinajstić information content (AvgIpc) is 2.51. The third-order valence-corrected chi connectivity index (χ3v) is 4.77. The molecule has 4 nitrogen and oxygen atoms in total. The van der Waals surface area contributed by atoms with Crippen LogP contribution in [0.15, 0.2) is 47.4 Å². The van der Waals surface area contributed by atoms with Crippen LogP contribution < -0.4 is 0 Å². The van der Waals surface area contributed by atoms with Crippen molar-refractivity contribution in [1.82, 2.24) is 0 Å². The van der Waals surface area contributed by atoms with Gasteiger partial charge in [0.15, 0.2) is 9.84 Å². The maximum atomic E-state index is 12.6. The van der Waals surface area contributed by atoms with Crippen molar-refractivity contribution in [3.63, 3.8) is 0 Å². The van der Waals surface area contributed by atoms with Crippen molar-refractivity contribution < 1.29 is 31.1 Å². The highest BCUT2D eigenvalue weighted by atomic mass is 35.5. The molecule has 2 aromatic carbocycles. The van der Waals surface area contributed by atoms with Crippen molar-refractivity contribution in [3.05, 3.63) is 64.2 Å². The van der Waals surface area contributed by atoms with Gasteiger partial charge in [-0.3, -0.25) is 0 Å². The molecule has 0 saturated heterocycles. The van der Waals surface area contributed by atoms with E-state index in [4.69, 9.17) is 16.3 Å². The Morgan fingerprint density at radius 2 is 1.84 bits per heavy atom. The van der Waals surface area contributed by atoms with Gasteiger partial charge in [-0.05, 0) is 35.9 Å². The molecule has 0 spiro atoms. The van der Waals surface area contributed by atoms with E-state index in [1.807, 2.05) is 0 Å². The van der Waals surface area contributed by atoms with Gasteiger partial charge in [0.1, 0.15) is 6.61 Å². The third kappa shape index (κ3) is 4.96. The highest BCUT2D eigenvalue weighted by molar-refractivity contribution is 7.90. The molecule has 0 aliphatic carbocycles. The molecule has 0 amide bonds. The van der Waals surface area contributed by atoms with Gasteiger partial charge in [0, 0.05) is 6.26 Å². The minimum absolute atomic E-state index is 0.0445. The van der Waals surface area contributed by atoms with Crippen LogP contribution in [0.25, 0.3) is 0 Å². The molecule has 0 aromatic heterocycles. The Morgan fingerprint density at radius 1 is 1.16 bits per heavy atom. The molecule has 9 heteroatoms. The predicted octanol–water partition coefficient (Wildman–Crippen LogP) is 4.12. The molecule has 0 radical (unpaired) electrons. The zero-order valence-corrected chi connectivity index (χ0v) is 14.4. The number of benzene rings is 2. The number of hydrogen-bond donors (Lipinski definition) is 0. The second-order valence-corrected chi connectivity index (χ2v) is 7.58. The van der Waals surface area contributed by atoms with E-state index < -0.39 is 27.5 Å². The molecule has 0 atom stereocenters. The SMILES string of the molecule is CS(=O)(=O)c1cc(C(=O)OCc2cccc(C(F)(F)F)c2)ccc1Cl. The number of alkyl halides is 3. The Morgan fingerprint density at radius 3 is 2.44 bits per heavy atom. The molecule has 0 saturated carbocycles. The standard InChI is InChI=1S/C16H12ClF3O4S/c1-25(22,23)14-8-11(5-6-13(14)17)15(21)24-9-10-3-2-4-12(7-10)16(18,19)20/h2-8H,9H2,1H3. The van der Waals surface area contributed by atoms with Gasteiger partial charge in [-0.1, -0.05) is 23.7 Å². The van der Waals surface area contributed by atoms with Crippen LogP contribution in [-0.4, -0.2) is 20.6 Å². The first kappa shape index (κ1) is 19.3. The molecular weight excluding hydrogens is 381 g/mol. The van der Waals surface area contributed by atoms with E-state index in [0.717, 1.165) is 24.5 Å². The largest absolute Gasteiger partial charge is 0.457 e. The lowest BCUT2D eigenvalue weighted by Crippen LogP contribution is -2.09. The van der Waals surface area contributed by atoms with Crippen molar-refractivity contribution in [2.24, 2.45) is 0 Å². The first-order valence-corrected chi connectivity index (χ1v) is 9.08. The van der Waals surface area contributed by atoms with Crippen molar-refractivity contribution in [3.8, 4) is 0 Å². The fraction of sp³-hybridized carbons (Fsp3) is 0.188. The zero-order chi connectivity index (χ0) is 18.8. The predicted molar refractivity (Wildman–Crippen MR) is 85.1 cm³/mol. The molecule has 0 bridgehead atoms. The third-order valence-electron chi connectivity index (χ3n) is 3.19. The smallest absolute Gasteiger partial charge is 0.416 e. The molecule has 0 unspecified atom stereocenters. The number of rotatable bonds is 4. The molecular formula is C16H12ClF3O4S. The summed E-state index contributed by atoms with van der Waals surface area (Å²) in [4.78, 5) is 11.8. The summed E-state index contributed by atoms with van der Waals surface area (Å²) in [5, 5.41) is -0.0445. The summed E-state index contributed by atoms with van der Waals surface area (Å²) in [5.41, 5.74) is -0.774. The lowest BCUT2D eigenvalue weighted by atomic mass is 10.1. The first-order valence-electron chi connectivity index (χ1n) is 6.81. The van der Waals surface area contributed by atoms with Crippen LogP contribution >= 0.6 is 11.6 Å². The summed E-state index contributed by atoms with van der Waals surface area (Å²) in [6.45, 7) is -0.389. The molecule has 0 aliphatic heterocycles. The molecule has 0 aliphatic rings. The zero-order valence-electron chi connectivity index (χ0n) is 12.8. The Bertz CT molecular complexity index is 908. The van der Waals surface area contributed by atoms with E-state index in [2.05, 4.69) is 0 Å². The summed E-state index contributed by atoms with van der Waals surface area (Å²) < 4.78 is 66.1. The molecule has 0 N–H and O–H groups in total. The van der Waals surface area contributed by atoms with E-state index in [1.165, 1.54) is 24.3 Å². The van der Waals surface area contributed by atoms with E-state index in [1.54, 1.807) is 0 Å². The Hall–Kier alpha value is -2.06. The van der Waals surface area contributed by atoms with E-state index >= 15 is 0 Å². The molecule has 2 aromatic rings. The van der Waals surface area contributed by atoms with Gasteiger partial charge in [0.05, 0.1) is 21.0 Å². The Kier molecular flexibility index (Phi) is 5.43. The fourth-order valence-corrected chi connectivity index (χ4v) is 3.29. The van der Waals surface area contributed by atoms with Crippen LogP contribution in [0.1, 0.15) is 21.5 Å². The van der Waals surface area contributed by atoms with Crippen LogP contribution in [0.4, 0.5) is 13.2 Å². The summed E-state index contributed by atoms with van der Waals surface area (Å²) in [5.74, 6) is -0.876. The van der Waals surface area contributed by atoms with Crippen LogP contribution in [0.5, 0.6) is 0 Å². The van der Waals surface area contributed by atoms with Crippen LogP contribution in [0.3, 0.4) is 0 Å². The Labute approximate surface area is 147 Å². The summed E-state index contributed by atoms with van der Waals surface area (Å²) in [7, 11) is -3.64. The highest BCUT2D eigenvalue weighted by Gasteiger charge is 2.30. The lowest BCUT2D eigenvalue weighted by molar-refractivity contribution is -0.137. The van der Waals surface area contributed by atoms with Gasteiger partial charge in [0.25, 0.3) is 0 Å². The summed E-state index contributed by atoms with van der Waals surface area (Å²) in [6.07, 6.45) is -3.56. The molecule has 0 heterocycles. The van der Waals surface area contributed by atoms with Gasteiger partial charge >= 0.3 is 12.1 Å². The quantitative estimate of drug-likeness (QED) is 0.734. The van der Waals surface area contributed by atoms with Gasteiger partial charge in [0.2, 0.25) is 0 Å². The number of sulfone groups is 1. The van der Waals surface area contributed by atoms with E-state index in [0.29, 0.717) is 0 Å². The highest BCUT2D eigenvalue weighted by Crippen LogP contribution is 2.29. The van der Waals surface area contributed by atoms with Crippen LogP contribution in [0.2, 0.25) is 5.02 Å². The molecule has 25 heavy (non-hydrogen) atoms. The van der Waals surface area contributed by atoms with E-state index in [9.17, 15) is 26.4 Å². The van der Waals surface area contributed by atoms with Gasteiger partial charge in [-0.2, -0.15) is 13.2 Å². The van der Waals surface area contributed by atoms with Crippen LogP contribution in [-0.2, 0) is 27.4 Å². The summed E-state index contributed by atoms with van der Waals surface area (Å²) in [6, 6.07) is 7.93. The summed E-state index contributed by atoms with van der Waals surface area (Å²) >= 11 is 5.78. The number of carbonyl (C=O) groups is 1. The van der Waals surface area contributed by atoms with E-state index in [-0.39, 0.29) is 27.7 Å². The lowest BCUT2D eigenvalue weighted by Gasteiger charge is -2.10. The molecule has 2 rings (SSSR count). The number of ether oxygens (including phenoxy) is 1. The Balaban J connectivity index is 2.16.